The Bertz CT molecular complexity index is 243. The third kappa shape index (κ3) is 3.87. The summed E-state index contributed by atoms with van der Waals surface area (Å²) in [6.45, 7) is 0.968. The van der Waals surface area contributed by atoms with Gasteiger partial charge in [0.25, 0.3) is 0 Å². The third-order valence-corrected chi connectivity index (χ3v) is 1.48. The Balaban J connectivity index is 2.18. The molecule has 0 saturated heterocycles. The maximum Gasteiger partial charge on any atom is 0.165 e. The van der Waals surface area contributed by atoms with E-state index in [2.05, 4.69) is 0 Å². The molecule has 0 amide bonds. The van der Waals surface area contributed by atoms with E-state index in [1.165, 1.54) is 0 Å². The first kappa shape index (κ1) is 9.95. The number of hydrogen-bond donors (Lipinski definition) is 1. The molecule has 2 N–H and O–H groups in total. The summed E-state index contributed by atoms with van der Waals surface area (Å²) < 4.78 is 9.99. The van der Waals surface area contributed by atoms with Crippen LogP contribution in [-0.4, -0.2) is 25.5 Å². The molecule has 1 heterocycles. The van der Waals surface area contributed by atoms with Crippen molar-refractivity contribution in [2.75, 3.05) is 19.8 Å². The molecular weight excluding hydrogens is 170 g/mol. The summed E-state index contributed by atoms with van der Waals surface area (Å²) in [7, 11) is 0. The van der Waals surface area contributed by atoms with Crippen molar-refractivity contribution in [2.45, 2.75) is 6.42 Å². The Kier molecular flexibility index (Phi) is 4.21. The van der Waals surface area contributed by atoms with E-state index >= 15 is 0 Å². The molecule has 0 spiro atoms. The number of furan rings is 1. The van der Waals surface area contributed by atoms with Crippen molar-refractivity contribution in [3.8, 4) is 0 Å². The van der Waals surface area contributed by atoms with E-state index in [1.54, 1.807) is 18.4 Å². The molecule has 72 valence electrons. The number of nitrogens with two attached hydrogens (primary N) is 1. The second-order valence-corrected chi connectivity index (χ2v) is 2.64. The van der Waals surface area contributed by atoms with Crippen molar-refractivity contribution in [3.63, 3.8) is 0 Å². The number of hydrogen-bond acceptors (Lipinski definition) is 4. The summed E-state index contributed by atoms with van der Waals surface area (Å²) >= 11 is 0. The van der Waals surface area contributed by atoms with Crippen LogP contribution in [0.4, 0.5) is 0 Å². The van der Waals surface area contributed by atoms with E-state index in [-0.39, 0.29) is 18.8 Å². The Morgan fingerprint density at radius 3 is 3.08 bits per heavy atom. The van der Waals surface area contributed by atoms with Crippen LogP contribution >= 0.6 is 0 Å². The van der Waals surface area contributed by atoms with Crippen molar-refractivity contribution in [2.24, 2.45) is 5.73 Å². The monoisotopic (exact) mass is 183 g/mol. The maximum atomic E-state index is 11.2. The maximum absolute atomic E-state index is 11.2. The summed E-state index contributed by atoms with van der Waals surface area (Å²) in [4.78, 5) is 11.2. The predicted molar refractivity (Wildman–Crippen MR) is 47.3 cm³/mol. The highest BCUT2D eigenvalue weighted by molar-refractivity contribution is 5.81. The molecule has 0 saturated carbocycles. The minimum absolute atomic E-state index is 0.00315. The van der Waals surface area contributed by atoms with Crippen molar-refractivity contribution < 1.29 is 13.9 Å². The van der Waals surface area contributed by atoms with Gasteiger partial charge in [0, 0.05) is 6.54 Å². The number of ether oxygens (including phenoxy) is 1. The number of Topliss-reactive ketones (excluding diaryl/α,β-unsaturated/α-hetero) is 1. The van der Waals surface area contributed by atoms with Crippen LogP contribution in [0.3, 0.4) is 0 Å². The minimum Gasteiger partial charge on any atom is -0.469 e. The number of carbonyl (C=O) groups excluding carboxylic acids is 1. The van der Waals surface area contributed by atoms with Gasteiger partial charge in [-0.2, -0.15) is 0 Å². The van der Waals surface area contributed by atoms with Crippen molar-refractivity contribution in [3.05, 3.63) is 24.2 Å². The molecule has 0 unspecified atom stereocenters. The minimum atomic E-state index is 0.00315. The molecule has 4 heteroatoms. The molecule has 1 aromatic heterocycles. The molecule has 0 atom stereocenters. The van der Waals surface area contributed by atoms with Crippen LogP contribution in [0, 0.1) is 0 Å². The SMILES string of the molecule is NCCOCC(=O)Cc1ccco1. The summed E-state index contributed by atoms with van der Waals surface area (Å²) in [6, 6.07) is 3.52. The van der Waals surface area contributed by atoms with Gasteiger partial charge in [0.1, 0.15) is 12.4 Å². The van der Waals surface area contributed by atoms with Gasteiger partial charge < -0.3 is 14.9 Å². The third-order valence-electron chi connectivity index (χ3n) is 1.48. The quantitative estimate of drug-likeness (QED) is 0.647. The van der Waals surface area contributed by atoms with Gasteiger partial charge >= 0.3 is 0 Å². The predicted octanol–water partition coefficient (Wildman–Crippen LogP) is 0.366. The van der Waals surface area contributed by atoms with Crippen LogP contribution in [0.2, 0.25) is 0 Å². The average Bonchev–Trinajstić information content (AvgIpc) is 2.57. The second-order valence-electron chi connectivity index (χ2n) is 2.64. The Hall–Kier alpha value is -1.13. The van der Waals surface area contributed by atoms with Gasteiger partial charge in [-0.05, 0) is 12.1 Å². The first-order valence-electron chi connectivity index (χ1n) is 4.15. The van der Waals surface area contributed by atoms with Crippen molar-refractivity contribution in [1.82, 2.24) is 0 Å². The Morgan fingerprint density at radius 2 is 2.46 bits per heavy atom. The van der Waals surface area contributed by atoms with Gasteiger partial charge in [0.15, 0.2) is 5.78 Å². The molecular formula is C9H13NO3. The summed E-state index contributed by atoms with van der Waals surface area (Å²) in [6.07, 6.45) is 1.83. The normalized spacial score (nSPS) is 10.2. The molecule has 1 rings (SSSR count). The van der Waals surface area contributed by atoms with Gasteiger partial charge in [0.2, 0.25) is 0 Å². The lowest BCUT2D eigenvalue weighted by molar-refractivity contribution is -0.123. The first-order chi connectivity index (χ1) is 6.33. The van der Waals surface area contributed by atoms with Crippen LogP contribution < -0.4 is 5.73 Å². The fraction of sp³-hybridized carbons (Fsp3) is 0.444. The van der Waals surface area contributed by atoms with E-state index < -0.39 is 0 Å². The lowest BCUT2D eigenvalue weighted by Crippen LogP contribution is -2.15. The van der Waals surface area contributed by atoms with Crippen LogP contribution in [-0.2, 0) is 16.0 Å². The van der Waals surface area contributed by atoms with E-state index in [4.69, 9.17) is 14.9 Å². The summed E-state index contributed by atoms with van der Waals surface area (Å²) in [5.74, 6) is 0.671. The zero-order chi connectivity index (χ0) is 9.52. The Labute approximate surface area is 76.7 Å². The largest absolute Gasteiger partial charge is 0.469 e. The van der Waals surface area contributed by atoms with E-state index in [1.807, 2.05) is 0 Å². The zero-order valence-corrected chi connectivity index (χ0v) is 7.36. The van der Waals surface area contributed by atoms with Gasteiger partial charge in [-0.1, -0.05) is 0 Å². The lowest BCUT2D eigenvalue weighted by Gasteiger charge is -1.99. The molecule has 0 aliphatic rings. The molecule has 0 radical (unpaired) electrons. The fourth-order valence-corrected chi connectivity index (χ4v) is 0.928. The van der Waals surface area contributed by atoms with E-state index in [9.17, 15) is 4.79 Å². The highest BCUT2D eigenvalue weighted by atomic mass is 16.5. The molecule has 0 aliphatic heterocycles. The molecule has 0 bridgehead atoms. The van der Waals surface area contributed by atoms with Crippen LogP contribution in [0.25, 0.3) is 0 Å². The van der Waals surface area contributed by atoms with Gasteiger partial charge in [-0.25, -0.2) is 0 Å². The molecule has 0 aromatic carbocycles. The summed E-state index contributed by atoms with van der Waals surface area (Å²) in [5, 5.41) is 0. The Morgan fingerprint density at radius 1 is 1.62 bits per heavy atom. The number of carbonyl (C=O) groups is 1. The molecule has 0 fully saturated rings. The second kappa shape index (κ2) is 5.50. The van der Waals surface area contributed by atoms with Crippen LogP contribution in [0.5, 0.6) is 0 Å². The molecule has 4 nitrogen and oxygen atoms in total. The average molecular weight is 183 g/mol. The van der Waals surface area contributed by atoms with Crippen LogP contribution in [0.1, 0.15) is 5.76 Å². The highest BCUT2D eigenvalue weighted by Crippen LogP contribution is 2.01. The topological polar surface area (TPSA) is 65.5 Å². The standard InChI is InChI=1S/C9H13NO3/c10-3-5-12-7-8(11)6-9-2-1-4-13-9/h1-2,4H,3,5-7,10H2. The highest BCUT2D eigenvalue weighted by Gasteiger charge is 2.05. The van der Waals surface area contributed by atoms with E-state index in [0.717, 1.165) is 0 Å². The van der Waals surface area contributed by atoms with Crippen LogP contribution in [0.15, 0.2) is 22.8 Å². The number of rotatable bonds is 6. The van der Waals surface area contributed by atoms with Crippen molar-refractivity contribution in [1.29, 1.82) is 0 Å². The fourth-order valence-electron chi connectivity index (χ4n) is 0.928. The van der Waals surface area contributed by atoms with Crippen molar-refractivity contribution >= 4 is 5.78 Å². The van der Waals surface area contributed by atoms with Gasteiger partial charge in [-0.15, -0.1) is 0 Å². The van der Waals surface area contributed by atoms with Gasteiger partial charge in [0.05, 0.1) is 19.3 Å². The molecule has 0 aliphatic carbocycles. The van der Waals surface area contributed by atoms with E-state index in [0.29, 0.717) is 18.9 Å². The smallest absolute Gasteiger partial charge is 0.165 e. The summed E-state index contributed by atoms with van der Waals surface area (Å²) in [5.41, 5.74) is 5.20. The zero-order valence-electron chi connectivity index (χ0n) is 7.36. The lowest BCUT2D eigenvalue weighted by atomic mass is 10.2. The molecule has 1 aromatic rings. The first-order valence-corrected chi connectivity index (χ1v) is 4.15. The van der Waals surface area contributed by atoms with Gasteiger partial charge in [-0.3, -0.25) is 4.79 Å². The number of ketones is 1. The molecule has 13 heavy (non-hydrogen) atoms.